The Balaban J connectivity index is 1.95. The van der Waals surface area contributed by atoms with Gasteiger partial charge in [0.05, 0.1) is 0 Å². The average molecular weight is 268 g/mol. The van der Waals surface area contributed by atoms with Crippen molar-refractivity contribution >= 4 is 23.4 Å². The summed E-state index contributed by atoms with van der Waals surface area (Å²) in [5.74, 6) is 2.17. The lowest BCUT2D eigenvalue weighted by Gasteiger charge is -1.98. The highest BCUT2D eigenvalue weighted by molar-refractivity contribution is 7.98. The van der Waals surface area contributed by atoms with Gasteiger partial charge in [-0.05, 0) is 17.7 Å². The molecule has 3 nitrogen and oxygen atoms in total. The summed E-state index contributed by atoms with van der Waals surface area (Å²) in [6, 6.07) is 7.83. The number of hydrogen-bond acceptors (Lipinski definition) is 3. The smallest absolute Gasteiger partial charge is 0.208 e. The second-order valence-corrected chi connectivity index (χ2v) is 5.45. The van der Waals surface area contributed by atoms with Crippen molar-refractivity contribution < 1.29 is 0 Å². The second kappa shape index (κ2) is 5.56. The molecule has 0 amide bonds. The summed E-state index contributed by atoms with van der Waals surface area (Å²) in [5, 5.41) is 8.68. The molecule has 0 aliphatic carbocycles. The van der Waals surface area contributed by atoms with Crippen molar-refractivity contribution in [2.45, 2.75) is 30.7 Å². The maximum absolute atomic E-state index is 5.83. The van der Waals surface area contributed by atoms with Crippen LogP contribution in [0.25, 0.3) is 0 Å². The van der Waals surface area contributed by atoms with Crippen molar-refractivity contribution in [2.75, 3.05) is 0 Å². The van der Waals surface area contributed by atoms with Crippen LogP contribution >= 0.6 is 23.4 Å². The van der Waals surface area contributed by atoms with E-state index in [1.54, 1.807) is 11.8 Å². The Labute approximate surface area is 110 Å². The Kier molecular flexibility index (Phi) is 4.07. The molecule has 0 bridgehead atoms. The number of aromatic nitrogens is 3. The van der Waals surface area contributed by atoms with Gasteiger partial charge in [-0.25, -0.2) is 4.98 Å². The van der Waals surface area contributed by atoms with E-state index in [2.05, 4.69) is 29.0 Å². The van der Waals surface area contributed by atoms with Crippen LogP contribution < -0.4 is 0 Å². The third-order valence-electron chi connectivity index (χ3n) is 2.31. The number of thioether (sulfide) groups is 1. The zero-order valence-electron chi connectivity index (χ0n) is 9.77. The molecule has 2 rings (SSSR count). The molecule has 0 spiro atoms. The average Bonchev–Trinajstić information content (AvgIpc) is 2.77. The lowest BCUT2D eigenvalue weighted by Crippen LogP contribution is -1.89. The molecule has 0 unspecified atom stereocenters. The largest absolute Gasteiger partial charge is 0.262 e. The summed E-state index contributed by atoms with van der Waals surface area (Å²) in [5.41, 5.74) is 1.22. The molecular weight excluding hydrogens is 254 g/mol. The number of H-pyrrole nitrogens is 1. The molecule has 0 saturated heterocycles. The lowest BCUT2D eigenvalue weighted by atomic mass is 10.2. The van der Waals surface area contributed by atoms with Gasteiger partial charge in [-0.3, -0.25) is 5.10 Å². The van der Waals surface area contributed by atoms with Crippen molar-refractivity contribution in [3.8, 4) is 0 Å². The summed E-state index contributed by atoms with van der Waals surface area (Å²) < 4.78 is 0. The molecule has 0 radical (unpaired) electrons. The standard InChI is InChI=1S/C12H14ClN3S/c1-8(2)11-14-12(16-15-11)17-7-9-3-5-10(13)6-4-9/h3-6,8H,7H2,1-2H3,(H,14,15,16). The fraction of sp³-hybridized carbons (Fsp3) is 0.333. The lowest BCUT2D eigenvalue weighted by molar-refractivity contribution is 0.780. The molecule has 0 fully saturated rings. The zero-order chi connectivity index (χ0) is 12.3. The van der Waals surface area contributed by atoms with Gasteiger partial charge in [0.15, 0.2) is 0 Å². The molecule has 17 heavy (non-hydrogen) atoms. The molecule has 0 aliphatic rings. The normalized spacial score (nSPS) is 11.1. The maximum atomic E-state index is 5.83. The van der Waals surface area contributed by atoms with Crippen molar-refractivity contribution in [1.29, 1.82) is 0 Å². The molecule has 0 saturated carbocycles. The van der Waals surface area contributed by atoms with Crippen LogP contribution in [0, 0.1) is 0 Å². The van der Waals surface area contributed by atoms with Crippen molar-refractivity contribution in [2.24, 2.45) is 0 Å². The molecular formula is C12H14ClN3S. The van der Waals surface area contributed by atoms with Gasteiger partial charge in [-0.2, -0.15) is 0 Å². The monoisotopic (exact) mass is 267 g/mol. The minimum Gasteiger partial charge on any atom is -0.262 e. The fourth-order valence-corrected chi connectivity index (χ4v) is 2.20. The molecule has 2 aromatic rings. The first-order valence-corrected chi connectivity index (χ1v) is 6.81. The highest BCUT2D eigenvalue weighted by atomic mass is 35.5. The van der Waals surface area contributed by atoms with Crippen LogP contribution in [-0.4, -0.2) is 15.2 Å². The highest BCUT2D eigenvalue weighted by Crippen LogP contribution is 2.21. The van der Waals surface area contributed by atoms with Crippen LogP contribution in [0.4, 0.5) is 0 Å². The predicted molar refractivity (Wildman–Crippen MR) is 71.5 cm³/mol. The fourth-order valence-electron chi connectivity index (χ4n) is 1.31. The summed E-state index contributed by atoms with van der Waals surface area (Å²) in [6.07, 6.45) is 0. The number of nitrogens with one attached hydrogen (secondary N) is 1. The van der Waals surface area contributed by atoms with Gasteiger partial charge in [0.1, 0.15) is 5.82 Å². The van der Waals surface area contributed by atoms with Crippen LogP contribution in [0.3, 0.4) is 0 Å². The van der Waals surface area contributed by atoms with Gasteiger partial charge in [-0.1, -0.05) is 49.3 Å². The summed E-state index contributed by atoms with van der Waals surface area (Å²) in [7, 11) is 0. The van der Waals surface area contributed by atoms with Gasteiger partial charge in [-0.15, -0.1) is 5.10 Å². The first kappa shape index (κ1) is 12.5. The molecule has 1 aromatic carbocycles. The summed E-state index contributed by atoms with van der Waals surface area (Å²) >= 11 is 7.45. The predicted octanol–water partition coefficient (Wildman–Crippen LogP) is 3.87. The molecule has 0 atom stereocenters. The van der Waals surface area contributed by atoms with E-state index in [1.165, 1.54) is 5.56 Å². The minimum absolute atomic E-state index is 0.382. The van der Waals surface area contributed by atoms with Gasteiger partial charge in [0, 0.05) is 16.7 Å². The summed E-state index contributed by atoms with van der Waals surface area (Å²) in [6.45, 7) is 4.18. The SMILES string of the molecule is CC(C)c1nc(SCc2ccc(Cl)cc2)n[nH]1. The van der Waals surface area contributed by atoms with Crippen molar-refractivity contribution in [1.82, 2.24) is 15.2 Å². The molecule has 1 N–H and O–H groups in total. The van der Waals surface area contributed by atoms with Crippen molar-refractivity contribution in [3.05, 3.63) is 40.7 Å². The van der Waals surface area contributed by atoms with Crippen LogP contribution in [0.5, 0.6) is 0 Å². The van der Waals surface area contributed by atoms with Crippen LogP contribution in [0.2, 0.25) is 5.02 Å². The van der Waals surface area contributed by atoms with Crippen molar-refractivity contribution in [3.63, 3.8) is 0 Å². The first-order valence-electron chi connectivity index (χ1n) is 5.44. The van der Waals surface area contributed by atoms with Crippen LogP contribution in [0.1, 0.15) is 31.2 Å². The van der Waals surface area contributed by atoms with Gasteiger partial charge in [0.2, 0.25) is 5.16 Å². The molecule has 1 aromatic heterocycles. The Hall–Kier alpha value is -1.00. The Bertz CT molecular complexity index is 479. The van der Waals surface area contributed by atoms with E-state index in [0.29, 0.717) is 5.92 Å². The summed E-state index contributed by atoms with van der Waals surface area (Å²) in [4.78, 5) is 4.41. The Morgan fingerprint density at radius 2 is 2.00 bits per heavy atom. The molecule has 1 heterocycles. The Morgan fingerprint density at radius 3 is 2.59 bits per heavy atom. The van der Waals surface area contributed by atoms with E-state index in [1.807, 2.05) is 24.3 Å². The maximum Gasteiger partial charge on any atom is 0.208 e. The van der Waals surface area contributed by atoms with E-state index in [4.69, 9.17) is 11.6 Å². The van der Waals surface area contributed by atoms with Crippen LogP contribution in [-0.2, 0) is 5.75 Å². The highest BCUT2D eigenvalue weighted by Gasteiger charge is 2.07. The topological polar surface area (TPSA) is 41.6 Å². The van der Waals surface area contributed by atoms with E-state index in [9.17, 15) is 0 Å². The number of aromatic amines is 1. The number of halogens is 1. The Morgan fingerprint density at radius 1 is 1.29 bits per heavy atom. The third-order valence-corrected chi connectivity index (χ3v) is 3.48. The van der Waals surface area contributed by atoms with E-state index < -0.39 is 0 Å². The first-order chi connectivity index (χ1) is 8.15. The van der Waals surface area contributed by atoms with Crippen LogP contribution in [0.15, 0.2) is 29.4 Å². The zero-order valence-corrected chi connectivity index (χ0v) is 11.3. The number of rotatable bonds is 4. The molecule has 90 valence electrons. The van der Waals surface area contributed by atoms with Gasteiger partial charge in [0.25, 0.3) is 0 Å². The quantitative estimate of drug-likeness (QED) is 0.855. The second-order valence-electron chi connectivity index (χ2n) is 4.07. The minimum atomic E-state index is 0.382. The number of hydrogen-bond donors (Lipinski definition) is 1. The number of nitrogens with zero attached hydrogens (tertiary/aromatic N) is 2. The van der Waals surface area contributed by atoms with E-state index >= 15 is 0 Å². The molecule has 0 aliphatic heterocycles. The van der Waals surface area contributed by atoms with Gasteiger partial charge < -0.3 is 0 Å². The van der Waals surface area contributed by atoms with E-state index in [0.717, 1.165) is 21.8 Å². The molecule has 5 heteroatoms. The number of benzene rings is 1. The van der Waals surface area contributed by atoms with Gasteiger partial charge >= 0.3 is 0 Å². The third kappa shape index (κ3) is 3.48. The van der Waals surface area contributed by atoms with E-state index in [-0.39, 0.29) is 0 Å².